The van der Waals surface area contributed by atoms with E-state index in [1.54, 1.807) is 12.4 Å². The number of nitrogens with one attached hydrogen (secondary N) is 1. The van der Waals surface area contributed by atoms with Crippen molar-refractivity contribution in [3.63, 3.8) is 0 Å². The molecule has 1 aromatic carbocycles. The largest absolute Gasteiger partial charge is 0.355 e. The first kappa shape index (κ1) is 17.5. The minimum absolute atomic E-state index is 0.383. The maximum atomic E-state index is 9.84. The molecule has 0 aliphatic carbocycles. The lowest BCUT2D eigenvalue weighted by atomic mass is 9.75. The van der Waals surface area contributed by atoms with Gasteiger partial charge in [0.25, 0.3) is 0 Å². The second kappa shape index (κ2) is 7.37. The maximum absolute atomic E-state index is 9.84. The van der Waals surface area contributed by atoms with Crippen molar-refractivity contribution in [1.29, 1.82) is 5.26 Å². The average molecular weight is 379 g/mol. The number of benzene rings is 1. The van der Waals surface area contributed by atoms with E-state index in [2.05, 4.69) is 31.4 Å². The number of aromatic amines is 1. The number of hydrogen-bond donors (Lipinski definition) is 1. The average Bonchev–Trinajstić information content (AvgIpc) is 3.25. The molecule has 0 amide bonds. The Morgan fingerprint density at radius 2 is 1.96 bits per heavy atom. The first-order valence-electron chi connectivity index (χ1n) is 8.92. The predicted molar refractivity (Wildman–Crippen MR) is 104 cm³/mol. The quantitative estimate of drug-likeness (QED) is 0.745. The third-order valence-corrected chi connectivity index (χ3v) is 5.58. The molecule has 0 unspecified atom stereocenters. The third kappa shape index (κ3) is 3.64. The number of aromatic nitrogens is 4. The van der Waals surface area contributed by atoms with Gasteiger partial charge < -0.3 is 4.90 Å². The van der Waals surface area contributed by atoms with Crippen molar-refractivity contribution < 1.29 is 0 Å². The Morgan fingerprint density at radius 3 is 2.59 bits per heavy atom. The fourth-order valence-electron chi connectivity index (χ4n) is 3.54. The van der Waals surface area contributed by atoms with Crippen LogP contribution in [0.25, 0.3) is 11.3 Å². The molecule has 7 heteroatoms. The highest BCUT2D eigenvalue weighted by Gasteiger charge is 2.35. The molecule has 1 aliphatic heterocycles. The smallest absolute Gasteiger partial charge is 0.151 e. The van der Waals surface area contributed by atoms with Gasteiger partial charge in [-0.2, -0.15) is 10.4 Å². The highest BCUT2D eigenvalue weighted by molar-refractivity contribution is 6.31. The summed E-state index contributed by atoms with van der Waals surface area (Å²) in [6.45, 7) is 1.55. The minimum Gasteiger partial charge on any atom is -0.355 e. The number of piperidine rings is 1. The Kier molecular flexibility index (Phi) is 4.78. The van der Waals surface area contributed by atoms with Crippen molar-refractivity contribution in [2.24, 2.45) is 5.41 Å². The molecule has 1 fully saturated rings. The van der Waals surface area contributed by atoms with Gasteiger partial charge >= 0.3 is 0 Å². The Morgan fingerprint density at radius 1 is 1.15 bits per heavy atom. The molecule has 4 rings (SSSR count). The van der Waals surface area contributed by atoms with Gasteiger partial charge in [0.15, 0.2) is 5.82 Å². The van der Waals surface area contributed by atoms with E-state index in [0.717, 1.165) is 53.6 Å². The molecule has 6 nitrogen and oxygen atoms in total. The predicted octanol–water partition coefficient (Wildman–Crippen LogP) is 3.87. The van der Waals surface area contributed by atoms with Crippen molar-refractivity contribution in [2.45, 2.75) is 19.3 Å². The number of H-pyrrole nitrogens is 1. The summed E-state index contributed by atoms with van der Waals surface area (Å²) in [5.41, 5.74) is 2.36. The fraction of sp³-hybridized carbons (Fsp3) is 0.300. The number of anilines is 1. The molecule has 3 aromatic rings. The summed E-state index contributed by atoms with van der Waals surface area (Å²) >= 11 is 6.30. The van der Waals surface area contributed by atoms with Gasteiger partial charge in [-0.15, -0.1) is 10.2 Å². The molecule has 0 atom stereocenters. The number of nitrogens with zero attached hydrogens (tertiary/aromatic N) is 5. The molecule has 1 saturated heterocycles. The normalized spacial score (nSPS) is 16.1. The SMILES string of the molecule is N#CC1(Cc2ccccc2Cl)CCN(c2ccc(-c3cn[nH]c3)nn2)CC1. The highest BCUT2D eigenvalue weighted by atomic mass is 35.5. The van der Waals surface area contributed by atoms with E-state index in [1.807, 2.05) is 36.4 Å². The van der Waals surface area contributed by atoms with Crippen molar-refractivity contribution in [3.05, 3.63) is 59.4 Å². The highest BCUT2D eigenvalue weighted by Crippen LogP contribution is 2.37. The number of nitriles is 1. The van der Waals surface area contributed by atoms with E-state index in [-0.39, 0.29) is 5.41 Å². The lowest BCUT2D eigenvalue weighted by Crippen LogP contribution is -2.41. The van der Waals surface area contributed by atoms with Gasteiger partial charge in [-0.05, 0) is 43.0 Å². The number of hydrogen-bond acceptors (Lipinski definition) is 5. The van der Waals surface area contributed by atoms with Crippen molar-refractivity contribution in [3.8, 4) is 17.3 Å². The van der Waals surface area contributed by atoms with Gasteiger partial charge in [-0.3, -0.25) is 5.10 Å². The topological polar surface area (TPSA) is 81.5 Å². The van der Waals surface area contributed by atoms with Crippen LogP contribution in [0.2, 0.25) is 5.02 Å². The molecule has 1 N–H and O–H groups in total. The van der Waals surface area contributed by atoms with Crippen molar-refractivity contribution >= 4 is 17.4 Å². The fourth-order valence-corrected chi connectivity index (χ4v) is 3.74. The van der Waals surface area contributed by atoms with Gasteiger partial charge in [0.05, 0.1) is 23.4 Å². The Labute approximate surface area is 162 Å². The van der Waals surface area contributed by atoms with Crippen LogP contribution < -0.4 is 4.90 Å². The minimum atomic E-state index is -0.383. The Balaban J connectivity index is 1.44. The van der Waals surface area contributed by atoms with Gasteiger partial charge in [-0.1, -0.05) is 29.8 Å². The second-order valence-corrected chi connectivity index (χ2v) is 7.32. The molecule has 3 heterocycles. The van der Waals surface area contributed by atoms with Gasteiger partial charge in [-0.25, -0.2) is 0 Å². The summed E-state index contributed by atoms with van der Waals surface area (Å²) in [6, 6.07) is 14.3. The van der Waals surface area contributed by atoms with Gasteiger partial charge in [0, 0.05) is 29.9 Å². The zero-order valence-corrected chi connectivity index (χ0v) is 15.5. The van der Waals surface area contributed by atoms with Crippen LogP contribution in [0.1, 0.15) is 18.4 Å². The molecule has 0 bridgehead atoms. The molecule has 0 saturated carbocycles. The molecule has 1 aliphatic rings. The zero-order valence-electron chi connectivity index (χ0n) is 14.8. The van der Waals surface area contributed by atoms with Gasteiger partial charge in [0.1, 0.15) is 0 Å². The summed E-state index contributed by atoms with van der Waals surface area (Å²) in [6.07, 6.45) is 5.75. The molecule has 27 heavy (non-hydrogen) atoms. The van der Waals surface area contributed by atoms with Gasteiger partial charge in [0.2, 0.25) is 0 Å². The molecule has 0 radical (unpaired) electrons. The van der Waals surface area contributed by atoms with Crippen LogP contribution in [0.4, 0.5) is 5.82 Å². The van der Waals surface area contributed by atoms with Crippen molar-refractivity contribution in [1.82, 2.24) is 20.4 Å². The maximum Gasteiger partial charge on any atom is 0.151 e. The van der Waals surface area contributed by atoms with E-state index in [1.165, 1.54) is 0 Å². The van der Waals surface area contributed by atoms with E-state index in [4.69, 9.17) is 11.6 Å². The van der Waals surface area contributed by atoms with E-state index in [9.17, 15) is 5.26 Å². The van der Waals surface area contributed by atoms with Crippen LogP contribution in [0, 0.1) is 16.7 Å². The number of rotatable bonds is 4. The van der Waals surface area contributed by atoms with Crippen LogP contribution >= 0.6 is 11.6 Å². The van der Waals surface area contributed by atoms with E-state index < -0.39 is 0 Å². The molecule has 136 valence electrons. The van der Waals surface area contributed by atoms with Crippen LogP contribution in [-0.2, 0) is 6.42 Å². The molecular weight excluding hydrogens is 360 g/mol. The lowest BCUT2D eigenvalue weighted by molar-refractivity contribution is 0.301. The monoisotopic (exact) mass is 378 g/mol. The Bertz CT molecular complexity index is 937. The second-order valence-electron chi connectivity index (χ2n) is 6.91. The standard InChI is InChI=1S/C20H19ClN6/c21-17-4-2-1-3-15(17)11-20(14-22)7-9-27(10-8-20)19-6-5-18(25-26-19)16-12-23-24-13-16/h1-6,12-13H,7-11H2,(H,23,24). The Hall–Kier alpha value is -2.91. The summed E-state index contributed by atoms with van der Waals surface area (Å²) in [5.74, 6) is 0.839. The van der Waals surface area contributed by atoms with Crippen LogP contribution in [0.15, 0.2) is 48.8 Å². The van der Waals surface area contributed by atoms with Crippen LogP contribution in [-0.4, -0.2) is 33.5 Å². The first-order valence-corrected chi connectivity index (χ1v) is 9.29. The number of halogens is 1. The van der Waals surface area contributed by atoms with E-state index in [0.29, 0.717) is 6.42 Å². The summed E-state index contributed by atoms with van der Waals surface area (Å²) in [4.78, 5) is 2.19. The molecule has 0 spiro atoms. The zero-order chi connectivity index (χ0) is 18.7. The van der Waals surface area contributed by atoms with Crippen LogP contribution in [0.3, 0.4) is 0 Å². The summed E-state index contributed by atoms with van der Waals surface area (Å²) in [7, 11) is 0. The molecular formula is C20H19ClN6. The third-order valence-electron chi connectivity index (χ3n) is 5.21. The van der Waals surface area contributed by atoms with Crippen LogP contribution in [0.5, 0.6) is 0 Å². The summed E-state index contributed by atoms with van der Waals surface area (Å²) < 4.78 is 0. The molecule has 2 aromatic heterocycles. The van der Waals surface area contributed by atoms with E-state index >= 15 is 0 Å². The first-order chi connectivity index (χ1) is 13.2. The summed E-state index contributed by atoms with van der Waals surface area (Å²) in [5, 5.41) is 25.9. The van der Waals surface area contributed by atoms with Crippen molar-refractivity contribution in [2.75, 3.05) is 18.0 Å². The lowest BCUT2D eigenvalue weighted by Gasteiger charge is -2.38.